The summed E-state index contributed by atoms with van der Waals surface area (Å²) in [6.45, 7) is 2.60. The molecule has 0 fully saturated rings. The molecular weight excluding hydrogens is 188 g/mol. The van der Waals surface area contributed by atoms with Gasteiger partial charge < -0.3 is 0 Å². The Balaban J connectivity index is 2.76. The monoisotopic (exact) mass is 202 g/mol. The van der Waals surface area contributed by atoms with Gasteiger partial charge in [0.15, 0.2) is 0 Å². The fourth-order valence-electron chi connectivity index (χ4n) is 1.11. The van der Waals surface area contributed by atoms with E-state index in [1.807, 2.05) is 33.1 Å². The van der Waals surface area contributed by atoms with Crippen molar-refractivity contribution in [2.75, 3.05) is 14.1 Å². The maximum absolute atomic E-state index is 6.06. The SMILES string of the molecule is Cc1nn(C)c(CNN(C)C)c1Cl. The van der Waals surface area contributed by atoms with Crippen LogP contribution in [0, 0.1) is 6.92 Å². The van der Waals surface area contributed by atoms with Crippen molar-refractivity contribution >= 4 is 11.6 Å². The Kier molecular flexibility index (Phi) is 3.30. The number of hydrazine groups is 1. The van der Waals surface area contributed by atoms with Crippen LogP contribution < -0.4 is 5.43 Å². The van der Waals surface area contributed by atoms with Crippen LogP contribution in [0.5, 0.6) is 0 Å². The van der Waals surface area contributed by atoms with Gasteiger partial charge >= 0.3 is 0 Å². The molecule has 0 spiro atoms. The predicted octanol–water partition coefficient (Wildman–Crippen LogP) is 0.948. The third kappa shape index (κ3) is 2.43. The highest BCUT2D eigenvalue weighted by molar-refractivity contribution is 6.31. The van der Waals surface area contributed by atoms with Gasteiger partial charge in [-0.1, -0.05) is 11.6 Å². The zero-order chi connectivity index (χ0) is 10.0. The first-order valence-electron chi connectivity index (χ1n) is 4.11. The van der Waals surface area contributed by atoms with E-state index in [2.05, 4.69) is 10.5 Å². The Morgan fingerprint density at radius 1 is 1.54 bits per heavy atom. The first kappa shape index (κ1) is 10.5. The van der Waals surface area contributed by atoms with Crippen LogP contribution in [-0.2, 0) is 13.6 Å². The summed E-state index contributed by atoms with van der Waals surface area (Å²) in [6, 6.07) is 0. The zero-order valence-electron chi connectivity index (χ0n) is 8.43. The van der Waals surface area contributed by atoms with Crippen molar-refractivity contribution in [3.63, 3.8) is 0 Å². The third-order valence-corrected chi connectivity index (χ3v) is 2.32. The van der Waals surface area contributed by atoms with Crippen molar-refractivity contribution in [2.45, 2.75) is 13.5 Å². The molecule has 0 aliphatic heterocycles. The standard InChI is InChI=1S/C8H15ClN4/c1-6-8(9)7(13(4)11-6)5-10-12(2)3/h10H,5H2,1-4H3. The molecule has 0 atom stereocenters. The molecule has 0 radical (unpaired) electrons. The Bertz CT molecular complexity index is 293. The second kappa shape index (κ2) is 4.09. The van der Waals surface area contributed by atoms with Gasteiger partial charge in [0.1, 0.15) is 0 Å². The van der Waals surface area contributed by atoms with Gasteiger partial charge in [-0.2, -0.15) is 5.10 Å². The van der Waals surface area contributed by atoms with E-state index in [4.69, 9.17) is 11.6 Å². The second-order valence-corrected chi connectivity index (χ2v) is 3.58. The molecule has 0 saturated carbocycles. The van der Waals surface area contributed by atoms with Crippen molar-refractivity contribution in [1.82, 2.24) is 20.2 Å². The number of aryl methyl sites for hydroxylation is 2. The number of halogens is 1. The van der Waals surface area contributed by atoms with Crippen LogP contribution in [0.2, 0.25) is 5.02 Å². The highest BCUT2D eigenvalue weighted by atomic mass is 35.5. The van der Waals surface area contributed by atoms with E-state index in [1.165, 1.54) is 0 Å². The minimum absolute atomic E-state index is 0.698. The Morgan fingerprint density at radius 3 is 2.54 bits per heavy atom. The van der Waals surface area contributed by atoms with Gasteiger partial charge in [0.25, 0.3) is 0 Å². The van der Waals surface area contributed by atoms with E-state index in [0.29, 0.717) is 6.54 Å². The minimum Gasteiger partial charge on any atom is -0.269 e. The number of hydrogen-bond donors (Lipinski definition) is 1. The quantitative estimate of drug-likeness (QED) is 0.741. The molecular formula is C8H15ClN4. The zero-order valence-corrected chi connectivity index (χ0v) is 9.18. The molecule has 13 heavy (non-hydrogen) atoms. The topological polar surface area (TPSA) is 33.1 Å². The highest BCUT2D eigenvalue weighted by Crippen LogP contribution is 2.18. The van der Waals surface area contributed by atoms with Crippen LogP contribution in [0.4, 0.5) is 0 Å². The summed E-state index contributed by atoms with van der Waals surface area (Å²) >= 11 is 6.06. The van der Waals surface area contributed by atoms with Gasteiger partial charge in [0.2, 0.25) is 0 Å². The lowest BCUT2D eigenvalue weighted by Crippen LogP contribution is -2.30. The minimum atomic E-state index is 0.698. The number of nitrogens with one attached hydrogen (secondary N) is 1. The third-order valence-electron chi connectivity index (χ3n) is 1.82. The van der Waals surface area contributed by atoms with Crippen molar-refractivity contribution < 1.29 is 0 Å². The van der Waals surface area contributed by atoms with Crippen LogP contribution in [0.3, 0.4) is 0 Å². The largest absolute Gasteiger partial charge is 0.269 e. The van der Waals surface area contributed by atoms with Crippen LogP contribution in [0.15, 0.2) is 0 Å². The molecule has 1 N–H and O–H groups in total. The summed E-state index contributed by atoms with van der Waals surface area (Å²) in [5.41, 5.74) is 5.03. The number of rotatable bonds is 3. The summed E-state index contributed by atoms with van der Waals surface area (Å²) < 4.78 is 1.80. The fraction of sp³-hybridized carbons (Fsp3) is 0.625. The molecule has 0 unspecified atom stereocenters. The molecule has 1 rings (SSSR count). The molecule has 1 aromatic rings. The maximum Gasteiger partial charge on any atom is 0.0860 e. The summed E-state index contributed by atoms with van der Waals surface area (Å²) in [6.07, 6.45) is 0. The van der Waals surface area contributed by atoms with Crippen molar-refractivity contribution in [1.29, 1.82) is 0 Å². The van der Waals surface area contributed by atoms with Gasteiger partial charge in [-0.25, -0.2) is 5.43 Å². The molecule has 0 aliphatic carbocycles. The molecule has 0 aliphatic rings. The number of nitrogens with zero attached hydrogens (tertiary/aromatic N) is 3. The van der Waals surface area contributed by atoms with Gasteiger partial charge in [0, 0.05) is 21.1 Å². The molecule has 4 nitrogen and oxygen atoms in total. The lowest BCUT2D eigenvalue weighted by Gasteiger charge is -2.11. The second-order valence-electron chi connectivity index (χ2n) is 3.20. The van der Waals surface area contributed by atoms with Gasteiger partial charge in [-0.05, 0) is 6.92 Å². The van der Waals surface area contributed by atoms with Crippen molar-refractivity contribution in [3.8, 4) is 0 Å². The molecule has 0 bridgehead atoms. The predicted molar refractivity (Wildman–Crippen MR) is 53.5 cm³/mol. The van der Waals surface area contributed by atoms with E-state index in [-0.39, 0.29) is 0 Å². The van der Waals surface area contributed by atoms with Gasteiger partial charge in [-0.15, -0.1) is 0 Å². The molecule has 1 heterocycles. The van der Waals surface area contributed by atoms with Crippen LogP contribution >= 0.6 is 11.6 Å². The summed E-state index contributed by atoms with van der Waals surface area (Å²) in [7, 11) is 5.78. The Morgan fingerprint density at radius 2 is 2.15 bits per heavy atom. The van der Waals surface area contributed by atoms with Crippen LogP contribution in [0.25, 0.3) is 0 Å². The highest BCUT2D eigenvalue weighted by Gasteiger charge is 2.10. The summed E-state index contributed by atoms with van der Waals surface area (Å²) in [5.74, 6) is 0. The first-order valence-corrected chi connectivity index (χ1v) is 4.49. The molecule has 0 aromatic carbocycles. The lowest BCUT2D eigenvalue weighted by molar-refractivity contribution is 0.282. The average Bonchev–Trinajstić information content (AvgIpc) is 2.24. The van der Waals surface area contributed by atoms with E-state index in [1.54, 1.807) is 4.68 Å². The Hall–Kier alpha value is -0.580. The fourth-order valence-corrected chi connectivity index (χ4v) is 1.33. The molecule has 5 heteroatoms. The van der Waals surface area contributed by atoms with Crippen molar-refractivity contribution in [3.05, 3.63) is 16.4 Å². The van der Waals surface area contributed by atoms with E-state index in [9.17, 15) is 0 Å². The van der Waals surface area contributed by atoms with Gasteiger partial charge in [0.05, 0.1) is 23.0 Å². The van der Waals surface area contributed by atoms with E-state index in [0.717, 1.165) is 16.4 Å². The normalized spacial score (nSPS) is 11.2. The lowest BCUT2D eigenvalue weighted by atomic mass is 10.3. The van der Waals surface area contributed by atoms with Crippen molar-refractivity contribution in [2.24, 2.45) is 7.05 Å². The van der Waals surface area contributed by atoms with Crippen LogP contribution in [0.1, 0.15) is 11.4 Å². The Labute approximate surface area is 83.4 Å². The van der Waals surface area contributed by atoms with Crippen LogP contribution in [-0.4, -0.2) is 28.9 Å². The maximum atomic E-state index is 6.06. The van der Waals surface area contributed by atoms with E-state index < -0.39 is 0 Å². The number of hydrogen-bond acceptors (Lipinski definition) is 3. The molecule has 0 amide bonds. The van der Waals surface area contributed by atoms with Gasteiger partial charge in [-0.3, -0.25) is 9.69 Å². The number of aromatic nitrogens is 2. The summed E-state index contributed by atoms with van der Waals surface area (Å²) in [4.78, 5) is 0. The van der Waals surface area contributed by atoms with E-state index >= 15 is 0 Å². The smallest absolute Gasteiger partial charge is 0.0860 e. The average molecular weight is 203 g/mol. The molecule has 1 aromatic heterocycles. The summed E-state index contributed by atoms with van der Waals surface area (Å²) in [5, 5.41) is 6.85. The first-order chi connectivity index (χ1) is 6.02. The molecule has 74 valence electrons. The molecule has 0 saturated heterocycles.